The average molecular weight is 420 g/mol. The van der Waals surface area contributed by atoms with Gasteiger partial charge in [-0.2, -0.15) is 4.98 Å². The number of nitrogens with one attached hydrogen (secondary N) is 1. The number of hydrogen-bond donors (Lipinski definition) is 3. The van der Waals surface area contributed by atoms with E-state index in [0.717, 1.165) is 0 Å². The van der Waals surface area contributed by atoms with Gasteiger partial charge in [0.05, 0.1) is 18.5 Å². The van der Waals surface area contributed by atoms with Crippen LogP contribution in [0.5, 0.6) is 5.75 Å². The number of nitrogens with two attached hydrogens (primary N) is 1. The van der Waals surface area contributed by atoms with Crippen molar-refractivity contribution in [2.45, 2.75) is 19.4 Å². The van der Waals surface area contributed by atoms with E-state index in [4.69, 9.17) is 31.3 Å². The van der Waals surface area contributed by atoms with E-state index in [1.165, 1.54) is 6.20 Å². The van der Waals surface area contributed by atoms with E-state index < -0.39 is 5.60 Å². The van der Waals surface area contributed by atoms with Gasteiger partial charge in [-0.3, -0.25) is 0 Å². The second-order valence-electron chi connectivity index (χ2n) is 6.50. The van der Waals surface area contributed by atoms with Crippen LogP contribution < -0.4 is 15.8 Å². The van der Waals surface area contributed by atoms with Crippen LogP contribution in [-0.2, 0) is 10.3 Å². The van der Waals surface area contributed by atoms with E-state index in [-0.39, 0.29) is 11.0 Å². The van der Waals surface area contributed by atoms with Gasteiger partial charge in [-0.05, 0) is 31.5 Å². The van der Waals surface area contributed by atoms with E-state index in [2.05, 4.69) is 20.4 Å². The highest BCUT2D eigenvalue weighted by Crippen LogP contribution is 2.36. The van der Waals surface area contributed by atoms with E-state index in [1.54, 1.807) is 45.2 Å². The van der Waals surface area contributed by atoms with Crippen LogP contribution in [0.2, 0.25) is 5.02 Å². The van der Waals surface area contributed by atoms with Crippen molar-refractivity contribution in [3.63, 3.8) is 0 Å². The third-order valence-electron chi connectivity index (χ3n) is 4.23. The van der Waals surface area contributed by atoms with Crippen LogP contribution in [0.4, 0.5) is 17.5 Å². The van der Waals surface area contributed by atoms with Crippen molar-refractivity contribution in [3.05, 3.63) is 52.5 Å². The minimum absolute atomic E-state index is 0.0694. The van der Waals surface area contributed by atoms with Gasteiger partial charge in [0.15, 0.2) is 5.82 Å². The predicted molar refractivity (Wildman–Crippen MR) is 108 cm³/mol. The summed E-state index contributed by atoms with van der Waals surface area (Å²) in [6.07, 6.45) is 1.40. The molecule has 0 amide bonds. The Bertz CT molecular complexity index is 992. The minimum atomic E-state index is -1.40. The predicted octanol–water partition coefficient (Wildman–Crippen LogP) is 3.03. The third kappa shape index (κ3) is 4.76. The topological polar surface area (TPSA) is 129 Å². The van der Waals surface area contributed by atoms with Gasteiger partial charge in [-0.1, -0.05) is 22.8 Å². The van der Waals surface area contributed by atoms with Gasteiger partial charge in [-0.25, -0.2) is 4.98 Å². The lowest BCUT2D eigenvalue weighted by molar-refractivity contribution is 0.0931. The Morgan fingerprint density at radius 3 is 2.79 bits per heavy atom. The molecule has 0 saturated heterocycles. The van der Waals surface area contributed by atoms with Crippen LogP contribution >= 0.6 is 11.6 Å². The Labute approximate surface area is 172 Å². The van der Waals surface area contributed by atoms with Gasteiger partial charge >= 0.3 is 0 Å². The molecule has 3 rings (SSSR count). The molecule has 2 aromatic heterocycles. The molecular weight excluding hydrogens is 398 g/mol. The summed E-state index contributed by atoms with van der Waals surface area (Å²) in [5.74, 6) is 1.50. The molecule has 0 radical (unpaired) electrons. The summed E-state index contributed by atoms with van der Waals surface area (Å²) in [5, 5.41) is 18.4. The van der Waals surface area contributed by atoms with Crippen LogP contribution in [0.15, 0.2) is 35.0 Å². The molecule has 0 bridgehead atoms. The summed E-state index contributed by atoms with van der Waals surface area (Å²) < 4.78 is 15.9. The Kier molecular flexibility index (Phi) is 6.21. The number of halogens is 1. The molecule has 0 aliphatic rings. The molecule has 10 heteroatoms. The molecule has 0 spiro atoms. The van der Waals surface area contributed by atoms with E-state index in [9.17, 15) is 5.11 Å². The molecule has 0 aliphatic heterocycles. The lowest BCUT2D eigenvalue weighted by Crippen LogP contribution is -2.23. The molecule has 1 atom stereocenters. The second kappa shape index (κ2) is 8.64. The van der Waals surface area contributed by atoms with Crippen LogP contribution in [0.3, 0.4) is 0 Å². The molecule has 0 fully saturated rings. The highest BCUT2D eigenvalue weighted by molar-refractivity contribution is 6.32. The van der Waals surface area contributed by atoms with Gasteiger partial charge in [-0.15, -0.1) is 0 Å². The quantitative estimate of drug-likeness (QED) is 0.471. The number of aromatic nitrogens is 3. The smallest absolute Gasteiger partial charge is 0.222 e. The number of hydrogen-bond acceptors (Lipinski definition) is 9. The summed E-state index contributed by atoms with van der Waals surface area (Å²) in [7, 11) is 1.59. The number of aliphatic hydroxyl groups is 1. The molecule has 0 aliphatic carbocycles. The van der Waals surface area contributed by atoms with Gasteiger partial charge in [0.2, 0.25) is 5.95 Å². The molecule has 0 saturated carbocycles. The fourth-order valence-corrected chi connectivity index (χ4v) is 2.77. The molecule has 3 aromatic rings. The fourth-order valence-electron chi connectivity index (χ4n) is 2.63. The summed E-state index contributed by atoms with van der Waals surface area (Å²) >= 11 is 6.18. The third-order valence-corrected chi connectivity index (χ3v) is 4.51. The molecule has 29 heavy (non-hydrogen) atoms. The lowest BCUT2D eigenvalue weighted by atomic mass is 9.92. The van der Waals surface area contributed by atoms with Crippen molar-refractivity contribution in [2.24, 2.45) is 0 Å². The number of benzene rings is 1. The largest absolute Gasteiger partial charge is 0.489 e. The van der Waals surface area contributed by atoms with Gasteiger partial charge in [0.25, 0.3) is 0 Å². The Morgan fingerprint density at radius 1 is 1.31 bits per heavy atom. The zero-order valence-corrected chi connectivity index (χ0v) is 17.0. The maximum Gasteiger partial charge on any atom is 0.222 e. The van der Waals surface area contributed by atoms with Gasteiger partial charge in [0.1, 0.15) is 34.4 Å². The summed E-state index contributed by atoms with van der Waals surface area (Å²) in [4.78, 5) is 7.96. The van der Waals surface area contributed by atoms with Crippen molar-refractivity contribution in [3.8, 4) is 5.75 Å². The number of rotatable bonds is 8. The van der Waals surface area contributed by atoms with Crippen molar-refractivity contribution in [1.82, 2.24) is 15.1 Å². The van der Waals surface area contributed by atoms with Crippen molar-refractivity contribution < 1.29 is 19.1 Å². The van der Waals surface area contributed by atoms with Crippen molar-refractivity contribution in [2.75, 3.05) is 31.4 Å². The molecule has 4 N–H and O–H groups in total. The van der Waals surface area contributed by atoms with Crippen molar-refractivity contribution >= 4 is 29.1 Å². The molecule has 9 nitrogen and oxygen atoms in total. The molecular formula is C19H22ClN5O4. The normalized spacial score (nSPS) is 13.1. The first-order chi connectivity index (χ1) is 13.8. The first-order valence-electron chi connectivity index (χ1n) is 8.78. The standard InChI is InChI=1S/C19H22ClN5O4/c1-11-8-16(25-29-11)19(2,26)12-4-5-15(28-7-6-27-3)14(9-12)23-17-13(20)10-22-18(21)24-17/h4-5,8-10,26H,6-7H2,1-3H3,(H3,21,22,23,24)/t19-/m1/s1. The summed E-state index contributed by atoms with van der Waals surface area (Å²) in [6, 6.07) is 6.87. The summed E-state index contributed by atoms with van der Waals surface area (Å²) in [6.45, 7) is 4.14. The SMILES string of the molecule is COCCOc1ccc([C@@](C)(O)c2cc(C)on2)cc1Nc1nc(N)ncc1Cl. The zero-order chi connectivity index (χ0) is 21.0. The molecule has 2 heterocycles. The number of aryl methyl sites for hydroxylation is 1. The molecule has 154 valence electrons. The maximum atomic E-state index is 11.1. The van der Waals surface area contributed by atoms with Crippen LogP contribution in [0, 0.1) is 6.92 Å². The fraction of sp³-hybridized carbons (Fsp3) is 0.316. The second-order valence-corrected chi connectivity index (χ2v) is 6.90. The van der Waals surface area contributed by atoms with Crippen LogP contribution in [0.25, 0.3) is 0 Å². The summed E-state index contributed by atoms with van der Waals surface area (Å²) in [5.41, 5.74) is 5.75. The van der Waals surface area contributed by atoms with Crippen LogP contribution in [-0.4, -0.2) is 40.6 Å². The van der Waals surface area contributed by atoms with E-state index in [0.29, 0.717) is 47.5 Å². The lowest BCUT2D eigenvalue weighted by Gasteiger charge is -2.23. The number of nitrogens with zero attached hydrogens (tertiary/aromatic N) is 3. The first kappa shape index (κ1) is 20.8. The molecule has 0 unspecified atom stereocenters. The average Bonchev–Trinajstić information content (AvgIpc) is 3.13. The van der Waals surface area contributed by atoms with E-state index in [1.807, 2.05) is 0 Å². The zero-order valence-electron chi connectivity index (χ0n) is 16.3. The Hall–Kier alpha value is -2.88. The minimum Gasteiger partial charge on any atom is -0.489 e. The van der Waals surface area contributed by atoms with E-state index >= 15 is 0 Å². The number of methoxy groups -OCH3 is 1. The van der Waals surface area contributed by atoms with Crippen LogP contribution in [0.1, 0.15) is 23.9 Å². The number of anilines is 3. The monoisotopic (exact) mass is 419 g/mol. The first-order valence-corrected chi connectivity index (χ1v) is 9.16. The highest BCUT2D eigenvalue weighted by Gasteiger charge is 2.30. The highest BCUT2D eigenvalue weighted by atomic mass is 35.5. The Balaban J connectivity index is 2.00. The van der Waals surface area contributed by atoms with Gasteiger partial charge in [0, 0.05) is 13.2 Å². The maximum absolute atomic E-state index is 11.1. The molecule has 1 aromatic carbocycles. The Morgan fingerprint density at radius 2 is 2.10 bits per heavy atom. The van der Waals surface area contributed by atoms with Crippen molar-refractivity contribution in [1.29, 1.82) is 0 Å². The number of ether oxygens (including phenoxy) is 2. The van der Waals surface area contributed by atoms with Gasteiger partial charge < -0.3 is 30.2 Å². The number of nitrogen functional groups attached to an aromatic ring is 1.